The first kappa shape index (κ1) is 16.3. The Hall–Kier alpha value is -3.03. The van der Waals surface area contributed by atoms with Gasteiger partial charge in [-0.25, -0.2) is 4.79 Å². The molecule has 122 valence electrons. The van der Waals surface area contributed by atoms with Gasteiger partial charge >= 0.3 is 6.03 Å². The number of carbonyl (C=O) groups is 1. The van der Waals surface area contributed by atoms with Crippen molar-refractivity contribution in [2.45, 2.75) is 6.54 Å². The van der Waals surface area contributed by atoms with E-state index in [-0.39, 0.29) is 5.95 Å². The predicted molar refractivity (Wildman–Crippen MR) is 84.0 cm³/mol. The molecule has 0 unspecified atom stereocenters. The molecule has 2 amide bonds. The Bertz CT molecular complexity index is 639. The molecular formula is C15H18N4O4. The lowest BCUT2D eigenvalue weighted by Gasteiger charge is -2.09. The minimum absolute atomic E-state index is 0.0911. The molecule has 0 aliphatic carbocycles. The Kier molecular flexibility index (Phi) is 5.56. The number of anilines is 1. The maximum Gasteiger partial charge on any atom is 0.321 e. The van der Waals surface area contributed by atoms with Crippen LogP contribution in [0.2, 0.25) is 0 Å². The maximum atomic E-state index is 11.9. The Morgan fingerprint density at radius 1 is 1.00 bits per heavy atom. The largest absolute Gasteiger partial charge is 0.497 e. The quantitative estimate of drug-likeness (QED) is 0.844. The van der Waals surface area contributed by atoms with Crippen LogP contribution in [-0.4, -0.2) is 37.3 Å². The average molecular weight is 318 g/mol. The number of amides is 2. The van der Waals surface area contributed by atoms with Gasteiger partial charge in [0, 0.05) is 6.54 Å². The van der Waals surface area contributed by atoms with Crippen molar-refractivity contribution in [3.63, 3.8) is 0 Å². The van der Waals surface area contributed by atoms with Crippen LogP contribution in [0.4, 0.5) is 10.7 Å². The summed E-state index contributed by atoms with van der Waals surface area (Å²) >= 11 is 0. The van der Waals surface area contributed by atoms with E-state index >= 15 is 0 Å². The van der Waals surface area contributed by atoms with Crippen molar-refractivity contribution >= 4 is 12.0 Å². The number of nitrogens with one attached hydrogen (secondary N) is 2. The third-order valence-corrected chi connectivity index (χ3v) is 2.93. The minimum Gasteiger partial charge on any atom is -0.497 e. The second-order valence-corrected chi connectivity index (χ2v) is 4.43. The molecule has 0 aliphatic rings. The van der Waals surface area contributed by atoms with Gasteiger partial charge < -0.3 is 19.5 Å². The Morgan fingerprint density at radius 2 is 1.61 bits per heavy atom. The van der Waals surface area contributed by atoms with Gasteiger partial charge in [-0.05, 0) is 17.7 Å². The van der Waals surface area contributed by atoms with Crippen molar-refractivity contribution in [3.05, 3.63) is 35.9 Å². The third kappa shape index (κ3) is 4.73. The Labute approximate surface area is 133 Å². The molecule has 2 N–H and O–H groups in total. The number of urea groups is 1. The Morgan fingerprint density at radius 3 is 2.13 bits per heavy atom. The van der Waals surface area contributed by atoms with Crippen molar-refractivity contribution in [3.8, 4) is 17.5 Å². The molecule has 1 aromatic carbocycles. The molecule has 0 saturated carbocycles. The van der Waals surface area contributed by atoms with Crippen LogP contribution >= 0.6 is 0 Å². The van der Waals surface area contributed by atoms with Crippen LogP contribution in [0.5, 0.6) is 17.5 Å². The molecule has 0 atom stereocenters. The van der Waals surface area contributed by atoms with Gasteiger partial charge in [0.1, 0.15) is 5.75 Å². The highest BCUT2D eigenvalue weighted by atomic mass is 16.5. The molecule has 0 saturated heterocycles. The van der Waals surface area contributed by atoms with Gasteiger partial charge in [-0.3, -0.25) is 5.32 Å². The molecule has 2 aromatic rings. The number of rotatable bonds is 6. The van der Waals surface area contributed by atoms with E-state index in [2.05, 4.69) is 20.6 Å². The van der Waals surface area contributed by atoms with Crippen molar-refractivity contribution in [1.82, 2.24) is 15.3 Å². The number of carbonyl (C=O) groups excluding carboxylic acids is 1. The second kappa shape index (κ2) is 7.83. The molecule has 0 fully saturated rings. The molecule has 23 heavy (non-hydrogen) atoms. The lowest BCUT2D eigenvalue weighted by Crippen LogP contribution is -2.29. The molecule has 1 heterocycles. The lowest BCUT2D eigenvalue weighted by atomic mass is 10.2. The normalized spacial score (nSPS) is 9.87. The van der Waals surface area contributed by atoms with Crippen LogP contribution in [-0.2, 0) is 6.54 Å². The molecule has 8 heteroatoms. The SMILES string of the molecule is COc1ccc(CNC(=O)Nc2nc(OC)cc(OC)n2)cc1. The standard InChI is InChI=1S/C15H18N4O4/c1-21-11-6-4-10(5-7-11)9-16-15(20)19-14-17-12(22-2)8-13(18-14)23-3/h4-8H,9H2,1-3H3,(H2,16,17,18,19,20). The van der Waals surface area contributed by atoms with E-state index in [1.165, 1.54) is 20.3 Å². The molecule has 1 aromatic heterocycles. The first-order valence-electron chi connectivity index (χ1n) is 6.79. The van der Waals surface area contributed by atoms with Crippen molar-refractivity contribution in [1.29, 1.82) is 0 Å². The Balaban J connectivity index is 1.93. The van der Waals surface area contributed by atoms with E-state index < -0.39 is 6.03 Å². The van der Waals surface area contributed by atoms with E-state index in [1.807, 2.05) is 24.3 Å². The first-order chi connectivity index (χ1) is 11.1. The fourth-order valence-electron chi connectivity index (χ4n) is 1.74. The zero-order chi connectivity index (χ0) is 16.7. The van der Waals surface area contributed by atoms with Crippen LogP contribution in [0.1, 0.15) is 5.56 Å². The smallest absolute Gasteiger partial charge is 0.321 e. The zero-order valence-electron chi connectivity index (χ0n) is 13.1. The fourth-order valence-corrected chi connectivity index (χ4v) is 1.74. The minimum atomic E-state index is -0.434. The third-order valence-electron chi connectivity index (χ3n) is 2.93. The van der Waals surface area contributed by atoms with Crippen LogP contribution in [0, 0.1) is 0 Å². The number of ether oxygens (including phenoxy) is 3. The highest BCUT2D eigenvalue weighted by Gasteiger charge is 2.08. The number of hydrogen-bond acceptors (Lipinski definition) is 6. The van der Waals surface area contributed by atoms with Gasteiger partial charge in [-0.15, -0.1) is 0 Å². The number of nitrogens with zero attached hydrogens (tertiary/aromatic N) is 2. The molecule has 0 radical (unpaired) electrons. The van der Waals surface area contributed by atoms with Crippen LogP contribution in [0.15, 0.2) is 30.3 Å². The summed E-state index contributed by atoms with van der Waals surface area (Å²) in [7, 11) is 4.54. The molecular weight excluding hydrogens is 300 g/mol. The molecule has 0 spiro atoms. The van der Waals surface area contributed by atoms with Crippen molar-refractivity contribution in [2.24, 2.45) is 0 Å². The van der Waals surface area contributed by atoms with Gasteiger partial charge in [0.25, 0.3) is 0 Å². The van der Waals surface area contributed by atoms with Crippen molar-refractivity contribution < 1.29 is 19.0 Å². The number of hydrogen-bond donors (Lipinski definition) is 2. The summed E-state index contributed by atoms with van der Waals surface area (Å²) in [5, 5.41) is 5.23. The summed E-state index contributed by atoms with van der Waals surface area (Å²) in [6, 6.07) is 8.46. The highest BCUT2D eigenvalue weighted by molar-refractivity contribution is 5.87. The summed E-state index contributed by atoms with van der Waals surface area (Å²) < 4.78 is 15.1. The van der Waals surface area contributed by atoms with Crippen LogP contribution in [0.25, 0.3) is 0 Å². The number of aromatic nitrogens is 2. The van der Waals surface area contributed by atoms with E-state index in [4.69, 9.17) is 14.2 Å². The zero-order valence-corrected chi connectivity index (χ0v) is 13.1. The monoisotopic (exact) mass is 318 g/mol. The van der Waals surface area contributed by atoms with Gasteiger partial charge in [0.15, 0.2) is 0 Å². The molecule has 0 bridgehead atoms. The fraction of sp³-hybridized carbons (Fsp3) is 0.267. The average Bonchev–Trinajstić information content (AvgIpc) is 2.60. The van der Waals surface area contributed by atoms with Crippen molar-refractivity contribution in [2.75, 3.05) is 26.6 Å². The van der Waals surface area contributed by atoms with Gasteiger partial charge in [0.05, 0.1) is 27.4 Å². The number of benzene rings is 1. The molecule has 8 nitrogen and oxygen atoms in total. The summed E-state index contributed by atoms with van der Waals surface area (Å²) in [5.74, 6) is 1.44. The first-order valence-corrected chi connectivity index (χ1v) is 6.79. The van der Waals surface area contributed by atoms with Crippen LogP contribution in [0.3, 0.4) is 0 Å². The highest BCUT2D eigenvalue weighted by Crippen LogP contribution is 2.17. The summed E-state index contributed by atoms with van der Waals surface area (Å²) in [5.41, 5.74) is 0.935. The van der Waals surface area contributed by atoms with Gasteiger partial charge in [-0.2, -0.15) is 9.97 Å². The van der Waals surface area contributed by atoms with E-state index in [1.54, 1.807) is 7.11 Å². The topological polar surface area (TPSA) is 94.6 Å². The molecule has 2 rings (SSSR count). The van der Waals surface area contributed by atoms with E-state index in [0.717, 1.165) is 11.3 Å². The predicted octanol–water partition coefficient (Wildman–Crippen LogP) is 1.82. The van der Waals surface area contributed by atoms with Gasteiger partial charge in [0.2, 0.25) is 17.7 Å². The summed E-state index contributed by atoms with van der Waals surface area (Å²) in [6.07, 6.45) is 0. The summed E-state index contributed by atoms with van der Waals surface area (Å²) in [6.45, 7) is 0.358. The van der Waals surface area contributed by atoms with E-state index in [9.17, 15) is 4.79 Å². The molecule has 0 aliphatic heterocycles. The van der Waals surface area contributed by atoms with Gasteiger partial charge in [-0.1, -0.05) is 12.1 Å². The second-order valence-electron chi connectivity index (χ2n) is 4.43. The maximum absolute atomic E-state index is 11.9. The van der Waals surface area contributed by atoms with E-state index in [0.29, 0.717) is 18.3 Å². The number of methoxy groups -OCH3 is 3. The van der Waals surface area contributed by atoms with Crippen LogP contribution < -0.4 is 24.8 Å². The summed E-state index contributed by atoms with van der Waals surface area (Å²) in [4.78, 5) is 19.9. The lowest BCUT2D eigenvalue weighted by molar-refractivity contribution is 0.251.